The predicted octanol–water partition coefficient (Wildman–Crippen LogP) is 2.25. The number of hydrogen-bond donors (Lipinski definition) is 1. The molecule has 1 aromatic carbocycles. The van der Waals surface area contributed by atoms with E-state index in [1.54, 1.807) is 0 Å². The summed E-state index contributed by atoms with van der Waals surface area (Å²) < 4.78 is 2.04. The maximum absolute atomic E-state index is 6.39. The van der Waals surface area contributed by atoms with E-state index >= 15 is 0 Å². The smallest absolute Gasteiger partial charge is 0.122 e. The first-order chi connectivity index (χ1) is 9.49. The third kappa shape index (κ3) is 3.26. The van der Waals surface area contributed by atoms with Gasteiger partial charge in [0.15, 0.2) is 0 Å². The van der Waals surface area contributed by atoms with Crippen molar-refractivity contribution in [3.05, 3.63) is 53.6 Å². The highest BCUT2D eigenvalue weighted by Gasteiger charge is 2.20. The van der Waals surface area contributed by atoms with Crippen LogP contribution in [0.3, 0.4) is 0 Å². The Morgan fingerprint density at radius 3 is 2.50 bits per heavy atom. The van der Waals surface area contributed by atoms with Gasteiger partial charge in [-0.05, 0) is 26.5 Å². The van der Waals surface area contributed by atoms with Crippen LogP contribution in [0.2, 0.25) is 0 Å². The highest BCUT2D eigenvalue weighted by molar-refractivity contribution is 5.24. The van der Waals surface area contributed by atoms with Gasteiger partial charge in [-0.2, -0.15) is 0 Å². The number of aromatic nitrogens is 2. The third-order valence-electron chi connectivity index (χ3n) is 3.99. The number of nitrogens with two attached hydrogens (primary N) is 1. The molecule has 0 radical (unpaired) electrons. The molecule has 0 fully saturated rings. The fraction of sp³-hybridized carbons (Fsp3) is 0.438. The molecule has 2 aromatic rings. The quantitative estimate of drug-likeness (QED) is 0.908. The first-order valence-corrected chi connectivity index (χ1v) is 6.97. The molecule has 4 nitrogen and oxygen atoms in total. The molecule has 0 spiro atoms. The van der Waals surface area contributed by atoms with Gasteiger partial charge in [0.05, 0.1) is 6.54 Å². The molecule has 0 saturated carbocycles. The Bertz CT molecular complexity index is 544. The number of benzene rings is 1. The van der Waals surface area contributed by atoms with E-state index in [1.807, 2.05) is 24.0 Å². The van der Waals surface area contributed by atoms with Crippen LogP contribution in [-0.4, -0.2) is 27.5 Å². The van der Waals surface area contributed by atoms with Gasteiger partial charge in [0.1, 0.15) is 5.82 Å². The van der Waals surface area contributed by atoms with Gasteiger partial charge in [0.2, 0.25) is 0 Å². The van der Waals surface area contributed by atoms with Crippen molar-refractivity contribution in [3.63, 3.8) is 0 Å². The average Bonchev–Trinajstić information content (AvgIpc) is 2.83. The van der Waals surface area contributed by atoms with Crippen LogP contribution < -0.4 is 5.73 Å². The molecule has 0 bridgehead atoms. The van der Waals surface area contributed by atoms with Gasteiger partial charge < -0.3 is 10.3 Å². The largest absolute Gasteiger partial charge is 0.337 e. The molecule has 2 rings (SSSR count). The SMILES string of the molecule is Cc1ccc(C(N)C(C)N(C)Cc2nccn2C)cc1. The molecule has 20 heavy (non-hydrogen) atoms. The second kappa shape index (κ2) is 6.20. The minimum absolute atomic E-state index is 0.000804. The number of likely N-dealkylation sites (N-methyl/N-ethyl adjacent to an activating group) is 1. The monoisotopic (exact) mass is 272 g/mol. The Morgan fingerprint density at radius 2 is 1.95 bits per heavy atom. The predicted molar refractivity (Wildman–Crippen MR) is 82.2 cm³/mol. The van der Waals surface area contributed by atoms with Crippen molar-refractivity contribution in [1.29, 1.82) is 0 Å². The lowest BCUT2D eigenvalue weighted by molar-refractivity contribution is 0.212. The van der Waals surface area contributed by atoms with Crippen LogP contribution in [0.5, 0.6) is 0 Å². The van der Waals surface area contributed by atoms with E-state index < -0.39 is 0 Å². The molecule has 0 saturated heterocycles. The first-order valence-electron chi connectivity index (χ1n) is 6.97. The van der Waals surface area contributed by atoms with Crippen molar-refractivity contribution in [2.75, 3.05) is 7.05 Å². The van der Waals surface area contributed by atoms with Crippen LogP contribution >= 0.6 is 0 Å². The highest BCUT2D eigenvalue weighted by Crippen LogP contribution is 2.19. The zero-order chi connectivity index (χ0) is 14.7. The summed E-state index contributed by atoms with van der Waals surface area (Å²) in [5.74, 6) is 1.05. The molecular weight excluding hydrogens is 248 g/mol. The molecule has 0 amide bonds. The Kier molecular flexibility index (Phi) is 4.57. The molecule has 2 unspecified atom stereocenters. The van der Waals surface area contributed by atoms with Crippen LogP contribution in [0.4, 0.5) is 0 Å². The summed E-state index contributed by atoms with van der Waals surface area (Å²) in [5, 5.41) is 0. The van der Waals surface area contributed by atoms with Crippen molar-refractivity contribution >= 4 is 0 Å². The van der Waals surface area contributed by atoms with Gasteiger partial charge >= 0.3 is 0 Å². The number of nitrogens with zero attached hydrogens (tertiary/aromatic N) is 3. The topological polar surface area (TPSA) is 47.1 Å². The summed E-state index contributed by atoms with van der Waals surface area (Å²) >= 11 is 0. The van der Waals surface area contributed by atoms with Crippen molar-refractivity contribution < 1.29 is 0 Å². The number of aryl methyl sites for hydroxylation is 2. The lowest BCUT2D eigenvalue weighted by Crippen LogP contribution is -2.38. The summed E-state index contributed by atoms with van der Waals surface area (Å²) in [7, 11) is 4.11. The van der Waals surface area contributed by atoms with E-state index in [0.29, 0.717) is 0 Å². The molecule has 0 aliphatic rings. The Balaban J connectivity index is 2.04. The van der Waals surface area contributed by atoms with Gasteiger partial charge in [-0.1, -0.05) is 29.8 Å². The van der Waals surface area contributed by atoms with Crippen LogP contribution in [0, 0.1) is 6.92 Å². The third-order valence-corrected chi connectivity index (χ3v) is 3.99. The molecule has 4 heteroatoms. The van der Waals surface area contributed by atoms with Crippen molar-refractivity contribution in [1.82, 2.24) is 14.5 Å². The van der Waals surface area contributed by atoms with Gasteiger partial charge in [-0.3, -0.25) is 4.90 Å². The summed E-state index contributed by atoms with van der Waals surface area (Å²) in [5.41, 5.74) is 8.82. The average molecular weight is 272 g/mol. The normalized spacial score (nSPS) is 14.5. The van der Waals surface area contributed by atoms with E-state index in [-0.39, 0.29) is 12.1 Å². The first kappa shape index (κ1) is 14.8. The molecule has 0 aliphatic carbocycles. The second-order valence-electron chi connectivity index (χ2n) is 5.55. The molecule has 1 heterocycles. The second-order valence-corrected chi connectivity index (χ2v) is 5.55. The fourth-order valence-corrected chi connectivity index (χ4v) is 2.26. The zero-order valence-corrected chi connectivity index (χ0v) is 12.7. The Morgan fingerprint density at radius 1 is 1.30 bits per heavy atom. The standard InChI is InChI=1S/C16H24N4/c1-12-5-7-14(8-6-12)16(17)13(2)20(4)11-15-18-9-10-19(15)3/h5-10,13,16H,11,17H2,1-4H3. The van der Waals surface area contributed by atoms with Gasteiger partial charge in [-0.25, -0.2) is 4.98 Å². The molecule has 108 valence electrons. The maximum atomic E-state index is 6.39. The molecular formula is C16H24N4. The van der Waals surface area contributed by atoms with Crippen LogP contribution in [0.1, 0.15) is 29.9 Å². The van der Waals surface area contributed by atoms with E-state index in [2.05, 4.69) is 55.0 Å². The maximum Gasteiger partial charge on any atom is 0.122 e. The number of imidazole rings is 1. The zero-order valence-electron chi connectivity index (χ0n) is 12.7. The highest BCUT2D eigenvalue weighted by atomic mass is 15.2. The molecule has 0 aliphatic heterocycles. The van der Waals surface area contributed by atoms with Crippen LogP contribution in [-0.2, 0) is 13.6 Å². The lowest BCUT2D eigenvalue weighted by Gasteiger charge is -2.29. The van der Waals surface area contributed by atoms with E-state index in [4.69, 9.17) is 5.73 Å². The Hall–Kier alpha value is -1.65. The van der Waals surface area contributed by atoms with Crippen molar-refractivity contribution in [2.45, 2.75) is 32.5 Å². The lowest BCUT2D eigenvalue weighted by atomic mass is 9.99. The summed E-state index contributed by atoms with van der Waals surface area (Å²) in [6, 6.07) is 8.70. The van der Waals surface area contributed by atoms with Gasteiger partial charge in [0, 0.05) is 31.5 Å². The summed E-state index contributed by atoms with van der Waals surface area (Å²) in [6.45, 7) is 5.05. The van der Waals surface area contributed by atoms with E-state index in [0.717, 1.165) is 12.4 Å². The van der Waals surface area contributed by atoms with E-state index in [1.165, 1.54) is 11.1 Å². The van der Waals surface area contributed by atoms with E-state index in [9.17, 15) is 0 Å². The van der Waals surface area contributed by atoms with Crippen LogP contribution in [0.25, 0.3) is 0 Å². The molecule has 1 aromatic heterocycles. The number of rotatable bonds is 5. The van der Waals surface area contributed by atoms with Crippen molar-refractivity contribution in [2.24, 2.45) is 12.8 Å². The number of hydrogen-bond acceptors (Lipinski definition) is 3. The van der Waals surface area contributed by atoms with Crippen molar-refractivity contribution in [3.8, 4) is 0 Å². The molecule has 2 N–H and O–H groups in total. The fourth-order valence-electron chi connectivity index (χ4n) is 2.26. The summed E-state index contributed by atoms with van der Waals surface area (Å²) in [6.07, 6.45) is 3.79. The van der Waals surface area contributed by atoms with Crippen LogP contribution in [0.15, 0.2) is 36.7 Å². The van der Waals surface area contributed by atoms with Gasteiger partial charge in [0.25, 0.3) is 0 Å². The summed E-state index contributed by atoms with van der Waals surface area (Å²) in [4.78, 5) is 6.61. The van der Waals surface area contributed by atoms with Gasteiger partial charge in [-0.15, -0.1) is 0 Å². The molecule has 2 atom stereocenters. The Labute approximate surface area is 121 Å². The minimum atomic E-state index is 0.000804. The minimum Gasteiger partial charge on any atom is -0.337 e.